The first-order chi connectivity index (χ1) is 8.54. The van der Waals surface area contributed by atoms with Crippen molar-refractivity contribution < 1.29 is 4.79 Å². The second-order valence-electron chi connectivity index (χ2n) is 4.60. The molecule has 0 aromatic heterocycles. The summed E-state index contributed by atoms with van der Waals surface area (Å²) in [5, 5.41) is 6.44. The first kappa shape index (κ1) is 16.7. The molecule has 0 aliphatic carbocycles. The van der Waals surface area contributed by atoms with Gasteiger partial charge in [0.2, 0.25) is 5.91 Å². The van der Waals surface area contributed by atoms with Crippen LogP contribution in [0.2, 0.25) is 0 Å². The van der Waals surface area contributed by atoms with Crippen LogP contribution in [0.4, 0.5) is 0 Å². The maximum atomic E-state index is 11.4. The molecular weight excluding hydrogens is 228 g/mol. The number of carbonyl (C=O) groups is 1. The van der Waals surface area contributed by atoms with Gasteiger partial charge >= 0.3 is 0 Å². The van der Waals surface area contributed by atoms with E-state index in [0.717, 1.165) is 12.5 Å². The average molecular weight is 256 g/mol. The molecule has 0 radical (unpaired) electrons. The molecule has 0 aliphatic rings. The first-order valence-electron chi connectivity index (χ1n) is 6.69. The second kappa shape index (κ2) is 9.74. The summed E-state index contributed by atoms with van der Waals surface area (Å²) in [6.07, 6.45) is 2.82. The molecule has 0 rings (SSSR count). The Balaban J connectivity index is 3.88. The maximum Gasteiger partial charge on any atom is 0.223 e. The number of nitrogens with zero attached hydrogens (tertiary/aromatic N) is 2. The summed E-state index contributed by atoms with van der Waals surface area (Å²) in [6, 6.07) is 0. The summed E-state index contributed by atoms with van der Waals surface area (Å²) < 4.78 is 0. The predicted molar refractivity (Wildman–Crippen MR) is 76.7 cm³/mol. The highest BCUT2D eigenvalue weighted by molar-refractivity contribution is 5.81. The summed E-state index contributed by atoms with van der Waals surface area (Å²) >= 11 is 0. The number of amides is 1. The number of nitrogens with one attached hydrogen (secondary N) is 2. The Morgan fingerprint density at radius 3 is 2.28 bits per heavy atom. The fourth-order valence-corrected chi connectivity index (χ4v) is 1.55. The van der Waals surface area contributed by atoms with Crippen LogP contribution in [-0.2, 0) is 4.79 Å². The highest BCUT2D eigenvalue weighted by atomic mass is 16.2. The SMILES string of the molecule is CCC(CC)CNC(=NC)NCCC(=O)N(C)C. The molecule has 0 spiro atoms. The van der Waals surface area contributed by atoms with Crippen molar-refractivity contribution in [2.24, 2.45) is 10.9 Å². The quantitative estimate of drug-likeness (QED) is 0.529. The van der Waals surface area contributed by atoms with Crippen molar-refractivity contribution in [3.63, 3.8) is 0 Å². The molecule has 0 saturated carbocycles. The van der Waals surface area contributed by atoms with E-state index in [0.29, 0.717) is 18.9 Å². The van der Waals surface area contributed by atoms with Gasteiger partial charge in [0.1, 0.15) is 0 Å². The zero-order valence-electron chi connectivity index (χ0n) is 12.4. The molecule has 0 bridgehead atoms. The third kappa shape index (κ3) is 7.14. The fourth-order valence-electron chi connectivity index (χ4n) is 1.55. The predicted octanol–water partition coefficient (Wildman–Crippen LogP) is 1.07. The van der Waals surface area contributed by atoms with Gasteiger partial charge in [-0.25, -0.2) is 0 Å². The summed E-state index contributed by atoms with van der Waals surface area (Å²) in [6.45, 7) is 5.93. The lowest BCUT2D eigenvalue weighted by atomic mass is 10.0. The topological polar surface area (TPSA) is 56.7 Å². The summed E-state index contributed by atoms with van der Waals surface area (Å²) in [7, 11) is 5.28. The minimum absolute atomic E-state index is 0.123. The maximum absolute atomic E-state index is 11.4. The third-order valence-corrected chi connectivity index (χ3v) is 3.07. The Morgan fingerprint density at radius 2 is 1.83 bits per heavy atom. The molecule has 0 saturated heterocycles. The minimum atomic E-state index is 0.123. The van der Waals surface area contributed by atoms with Crippen LogP contribution in [0, 0.1) is 5.92 Å². The minimum Gasteiger partial charge on any atom is -0.356 e. The van der Waals surface area contributed by atoms with E-state index < -0.39 is 0 Å². The van der Waals surface area contributed by atoms with Gasteiger partial charge in [-0.2, -0.15) is 0 Å². The molecule has 0 aliphatic heterocycles. The molecule has 0 aromatic carbocycles. The molecule has 0 unspecified atom stereocenters. The van der Waals surface area contributed by atoms with Crippen molar-refractivity contribution in [2.75, 3.05) is 34.2 Å². The van der Waals surface area contributed by atoms with Crippen LogP contribution in [0.3, 0.4) is 0 Å². The Hall–Kier alpha value is -1.26. The van der Waals surface area contributed by atoms with Gasteiger partial charge in [0.15, 0.2) is 5.96 Å². The van der Waals surface area contributed by atoms with Crippen LogP contribution in [0.25, 0.3) is 0 Å². The molecule has 2 N–H and O–H groups in total. The molecule has 0 atom stereocenters. The Kier molecular flexibility index (Phi) is 9.06. The van der Waals surface area contributed by atoms with Crippen molar-refractivity contribution in [3.8, 4) is 0 Å². The molecular formula is C13H28N4O. The fraction of sp³-hybridized carbons (Fsp3) is 0.846. The number of hydrogen-bond acceptors (Lipinski definition) is 2. The summed E-state index contributed by atoms with van der Waals surface area (Å²) in [4.78, 5) is 17.1. The Labute approximate surface area is 111 Å². The number of guanidine groups is 1. The highest BCUT2D eigenvalue weighted by Crippen LogP contribution is 2.04. The van der Waals surface area contributed by atoms with E-state index in [1.807, 2.05) is 0 Å². The van der Waals surface area contributed by atoms with Gasteiger partial charge in [0.25, 0.3) is 0 Å². The van der Waals surface area contributed by atoms with Crippen LogP contribution < -0.4 is 10.6 Å². The standard InChI is InChI=1S/C13H28N4O/c1-6-11(7-2)10-16-13(14-3)15-9-8-12(18)17(4)5/h11H,6-10H2,1-5H3,(H2,14,15,16). The summed E-state index contributed by atoms with van der Waals surface area (Å²) in [5.41, 5.74) is 0. The monoisotopic (exact) mass is 256 g/mol. The summed E-state index contributed by atoms with van der Waals surface area (Å²) in [5.74, 6) is 1.57. The molecule has 0 aromatic rings. The number of aliphatic imine (C=N–C) groups is 1. The van der Waals surface area contributed by atoms with Crippen molar-refractivity contribution in [1.82, 2.24) is 15.5 Å². The number of carbonyl (C=O) groups excluding carboxylic acids is 1. The molecule has 5 heteroatoms. The van der Waals surface area contributed by atoms with Crippen molar-refractivity contribution in [1.29, 1.82) is 0 Å². The largest absolute Gasteiger partial charge is 0.356 e. The van der Waals surface area contributed by atoms with Crippen LogP contribution in [-0.4, -0.2) is 51.0 Å². The molecule has 18 heavy (non-hydrogen) atoms. The van der Waals surface area contributed by atoms with Gasteiger partial charge in [-0.3, -0.25) is 9.79 Å². The van der Waals surface area contributed by atoms with Crippen LogP contribution in [0.5, 0.6) is 0 Å². The molecule has 5 nitrogen and oxygen atoms in total. The number of hydrogen-bond donors (Lipinski definition) is 2. The van der Waals surface area contributed by atoms with Gasteiger partial charge < -0.3 is 15.5 Å². The van der Waals surface area contributed by atoms with Gasteiger partial charge in [-0.15, -0.1) is 0 Å². The lowest BCUT2D eigenvalue weighted by molar-refractivity contribution is -0.128. The van der Waals surface area contributed by atoms with Crippen LogP contribution in [0.15, 0.2) is 4.99 Å². The van der Waals surface area contributed by atoms with Gasteiger partial charge in [-0.1, -0.05) is 26.7 Å². The Bertz CT molecular complexity index is 260. The lowest BCUT2D eigenvalue weighted by Gasteiger charge is -2.17. The molecule has 0 heterocycles. The Morgan fingerprint density at radius 1 is 1.22 bits per heavy atom. The highest BCUT2D eigenvalue weighted by Gasteiger charge is 2.06. The van der Waals surface area contributed by atoms with E-state index in [-0.39, 0.29) is 5.91 Å². The normalized spacial score (nSPS) is 11.6. The smallest absolute Gasteiger partial charge is 0.223 e. The van der Waals surface area contributed by atoms with Crippen molar-refractivity contribution >= 4 is 11.9 Å². The first-order valence-corrected chi connectivity index (χ1v) is 6.69. The van der Waals surface area contributed by atoms with E-state index in [9.17, 15) is 4.79 Å². The molecule has 0 fully saturated rings. The zero-order chi connectivity index (χ0) is 14.0. The lowest BCUT2D eigenvalue weighted by Crippen LogP contribution is -2.41. The van der Waals surface area contributed by atoms with E-state index in [2.05, 4.69) is 29.5 Å². The van der Waals surface area contributed by atoms with Crippen LogP contribution in [0.1, 0.15) is 33.1 Å². The molecule has 1 amide bonds. The third-order valence-electron chi connectivity index (χ3n) is 3.07. The van der Waals surface area contributed by atoms with Crippen molar-refractivity contribution in [3.05, 3.63) is 0 Å². The van der Waals surface area contributed by atoms with E-state index in [1.165, 1.54) is 12.8 Å². The van der Waals surface area contributed by atoms with Crippen molar-refractivity contribution in [2.45, 2.75) is 33.1 Å². The average Bonchev–Trinajstić information content (AvgIpc) is 2.37. The van der Waals surface area contributed by atoms with E-state index in [4.69, 9.17) is 0 Å². The molecule has 106 valence electrons. The second-order valence-corrected chi connectivity index (χ2v) is 4.60. The zero-order valence-corrected chi connectivity index (χ0v) is 12.4. The van der Waals surface area contributed by atoms with Gasteiger partial charge in [0.05, 0.1) is 0 Å². The van der Waals surface area contributed by atoms with E-state index >= 15 is 0 Å². The number of rotatable bonds is 7. The van der Waals surface area contributed by atoms with Gasteiger partial charge in [-0.05, 0) is 5.92 Å². The van der Waals surface area contributed by atoms with Crippen LogP contribution >= 0.6 is 0 Å². The van der Waals surface area contributed by atoms with Gasteiger partial charge in [0, 0.05) is 40.7 Å². The van der Waals surface area contributed by atoms with E-state index in [1.54, 1.807) is 26.0 Å².